The number of hydrogen-bond acceptors (Lipinski definition) is 4. The summed E-state index contributed by atoms with van der Waals surface area (Å²) in [6, 6.07) is 15.6. The van der Waals surface area contributed by atoms with E-state index in [9.17, 15) is 0 Å². The van der Waals surface area contributed by atoms with Crippen molar-refractivity contribution in [3.05, 3.63) is 54.7 Å². The van der Waals surface area contributed by atoms with E-state index in [0.717, 1.165) is 21.9 Å². The first-order valence-electron chi connectivity index (χ1n) is 6.56. The Bertz CT molecular complexity index is 940. The van der Waals surface area contributed by atoms with E-state index in [0.29, 0.717) is 17.4 Å². The van der Waals surface area contributed by atoms with Gasteiger partial charge in [0, 0.05) is 17.3 Å². The van der Waals surface area contributed by atoms with E-state index in [1.54, 1.807) is 6.20 Å². The summed E-state index contributed by atoms with van der Waals surface area (Å²) in [6.07, 6.45) is 1.74. The highest BCUT2D eigenvalue weighted by atomic mass is 16.5. The summed E-state index contributed by atoms with van der Waals surface area (Å²) >= 11 is 0. The Morgan fingerprint density at radius 2 is 1.95 bits per heavy atom. The normalized spacial score (nSPS) is 11.0. The van der Waals surface area contributed by atoms with Crippen molar-refractivity contribution in [1.82, 2.24) is 15.0 Å². The molecule has 0 saturated heterocycles. The Hall–Kier alpha value is -3.08. The molecule has 0 bridgehead atoms. The van der Waals surface area contributed by atoms with Gasteiger partial charge in [0.2, 0.25) is 0 Å². The highest BCUT2D eigenvalue weighted by Crippen LogP contribution is 2.28. The Balaban J connectivity index is 1.79. The molecule has 0 fully saturated rings. The lowest BCUT2D eigenvalue weighted by Crippen LogP contribution is -1.89. The maximum Gasteiger partial charge on any atom is 0.300 e. The molecule has 21 heavy (non-hydrogen) atoms. The van der Waals surface area contributed by atoms with Crippen LogP contribution < -0.4 is 10.5 Å². The molecular weight excluding hydrogens is 264 g/mol. The second-order valence-electron chi connectivity index (χ2n) is 4.75. The van der Waals surface area contributed by atoms with Crippen LogP contribution in [0.25, 0.3) is 21.9 Å². The number of rotatable bonds is 2. The smallest absolute Gasteiger partial charge is 0.300 e. The van der Waals surface area contributed by atoms with Crippen LogP contribution in [0.3, 0.4) is 0 Å². The quantitative estimate of drug-likeness (QED) is 0.549. The largest absolute Gasteiger partial charge is 0.423 e. The molecule has 0 aliphatic rings. The summed E-state index contributed by atoms with van der Waals surface area (Å²) in [4.78, 5) is 11.9. The second-order valence-corrected chi connectivity index (χ2v) is 4.75. The zero-order valence-electron chi connectivity index (χ0n) is 11.1. The van der Waals surface area contributed by atoms with E-state index in [1.807, 2.05) is 48.5 Å². The van der Waals surface area contributed by atoms with Gasteiger partial charge in [-0.05, 0) is 30.3 Å². The zero-order chi connectivity index (χ0) is 14.2. The number of aromatic nitrogens is 3. The molecule has 5 heteroatoms. The third-order valence-corrected chi connectivity index (χ3v) is 3.29. The van der Waals surface area contributed by atoms with Gasteiger partial charge in [0.15, 0.2) is 5.75 Å². The van der Waals surface area contributed by atoms with Crippen LogP contribution in [-0.4, -0.2) is 15.0 Å². The molecule has 4 rings (SSSR count). The standard InChI is InChI=1S/C16H12N4O/c17-11-6-7-12-13(9-11)20-16(19-12)21-14-5-1-3-10-4-2-8-18-15(10)14/h1-9H,17H2,(H,19,20). The highest BCUT2D eigenvalue weighted by Gasteiger charge is 2.08. The predicted octanol–water partition coefficient (Wildman–Crippen LogP) is 3.49. The van der Waals surface area contributed by atoms with Crippen LogP contribution in [0.2, 0.25) is 0 Å². The molecule has 5 nitrogen and oxygen atoms in total. The molecule has 2 aromatic heterocycles. The van der Waals surface area contributed by atoms with Gasteiger partial charge in [-0.15, -0.1) is 0 Å². The van der Waals surface area contributed by atoms with Crippen LogP contribution in [0.4, 0.5) is 5.69 Å². The second kappa shape index (κ2) is 4.49. The fourth-order valence-electron chi connectivity index (χ4n) is 2.31. The average Bonchev–Trinajstić information content (AvgIpc) is 2.89. The Labute approximate surface area is 120 Å². The van der Waals surface area contributed by atoms with Crippen LogP contribution in [0.1, 0.15) is 0 Å². The Kier molecular flexibility index (Phi) is 2.50. The molecule has 0 aliphatic carbocycles. The van der Waals surface area contributed by atoms with Gasteiger partial charge in [-0.1, -0.05) is 18.2 Å². The van der Waals surface area contributed by atoms with Crippen molar-refractivity contribution in [1.29, 1.82) is 0 Å². The Morgan fingerprint density at radius 1 is 1.05 bits per heavy atom. The van der Waals surface area contributed by atoms with E-state index < -0.39 is 0 Å². The van der Waals surface area contributed by atoms with Crippen molar-refractivity contribution in [2.45, 2.75) is 0 Å². The number of benzene rings is 2. The summed E-state index contributed by atoms with van der Waals surface area (Å²) in [5.41, 5.74) is 8.91. The van der Waals surface area contributed by atoms with Gasteiger partial charge in [0.1, 0.15) is 5.52 Å². The molecule has 102 valence electrons. The van der Waals surface area contributed by atoms with Crippen LogP contribution in [-0.2, 0) is 0 Å². The van der Waals surface area contributed by atoms with Crippen molar-refractivity contribution in [2.24, 2.45) is 0 Å². The lowest BCUT2D eigenvalue weighted by atomic mass is 10.2. The summed E-state index contributed by atoms with van der Waals surface area (Å²) < 4.78 is 5.85. The first kappa shape index (κ1) is 11.7. The average molecular weight is 276 g/mol. The van der Waals surface area contributed by atoms with E-state index >= 15 is 0 Å². The van der Waals surface area contributed by atoms with Crippen molar-refractivity contribution < 1.29 is 4.74 Å². The zero-order valence-corrected chi connectivity index (χ0v) is 11.1. The van der Waals surface area contributed by atoms with Gasteiger partial charge in [0.05, 0.1) is 11.0 Å². The summed E-state index contributed by atoms with van der Waals surface area (Å²) in [6.45, 7) is 0. The molecule has 2 aromatic carbocycles. The summed E-state index contributed by atoms with van der Waals surface area (Å²) in [5, 5.41) is 1.02. The topological polar surface area (TPSA) is 76.8 Å². The fraction of sp³-hybridized carbons (Fsp3) is 0. The minimum absolute atomic E-state index is 0.425. The number of ether oxygens (including phenoxy) is 1. The number of nitrogens with zero attached hydrogens (tertiary/aromatic N) is 2. The minimum Gasteiger partial charge on any atom is -0.423 e. The maximum atomic E-state index is 5.85. The fourth-order valence-corrected chi connectivity index (χ4v) is 2.31. The monoisotopic (exact) mass is 276 g/mol. The van der Waals surface area contributed by atoms with E-state index in [-0.39, 0.29) is 0 Å². The number of aromatic amines is 1. The van der Waals surface area contributed by atoms with Gasteiger partial charge >= 0.3 is 0 Å². The molecule has 3 N–H and O–H groups in total. The number of hydrogen-bond donors (Lipinski definition) is 2. The number of imidazole rings is 1. The van der Waals surface area contributed by atoms with Crippen molar-refractivity contribution in [3.63, 3.8) is 0 Å². The molecule has 4 aromatic rings. The number of nitrogens with one attached hydrogen (secondary N) is 1. The first-order valence-corrected chi connectivity index (χ1v) is 6.56. The SMILES string of the molecule is Nc1ccc2nc(Oc3cccc4cccnc34)[nH]c2c1. The van der Waals surface area contributed by atoms with Gasteiger partial charge in [-0.3, -0.25) is 4.98 Å². The van der Waals surface area contributed by atoms with E-state index in [1.165, 1.54) is 0 Å². The molecule has 0 atom stereocenters. The van der Waals surface area contributed by atoms with Gasteiger partial charge < -0.3 is 15.5 Å². The van der Waals surface area contributed by atoms with Gasteiger partial charge in [-0.2, -0.15) is 4.98 Å². The number of para-hydroxylation sites is 1. The number of pyridine rings is 1. The molecule has 0 unspecified atom stereocenters. The third kappa shape index (κ3) is 2.04. The lowest BCUT2D eigenvalue weighted by molar-refractivity contribution is 0.453. The van der Waals surface area contributed by atoms with E-state index in [2.05, 4.69) is 15.0 Å². The molecular formula is C16H12N4O. The van der Waals surface area contributed by atoms with Crippen LogP contribution >= 0.6 is 0 Å². The highest BCUT2D eigenvalue weighted by molar-refractivity contribution is 5.84. The summed E-state index contributed by atoms with van der Waals surface area (Å²) in [7, 11) is 0. The Morgan fingerprint density at radius 3 is 2.90 bits per heavy atom. The first-order chi connectivity index (χ1) is 10.3. The summed E-state index contributed by atoms with van der Waals surface area (Å²) in [5.74, 6) is 0.667. The minimum atomic E-state index is 0.425. The maximum absolute atomic E-state index is 5.85. The number of fused-ring (bicyclic) bond motifs is 2. The van der Waals surface area contributed by atoms with Crippen LogP contribution in [0.15, 0.2) is 54.7 Å². The molecule has 0 saturated carbocycles. The van der Waals surface area contributed by atoms with Crippen molar-refractivity contribution in [3.8, 4) is 11.8 Å². The number of anilines is 1. The molecule has 0 spiro atoms. The van der Waals surface area contributed by atoms with Crippen LogP contribution in [0.5, 0.6) is 11.8 Å². The number of nitrogens with two attached hydrogens (primary N) is 1. The third-order valence-electron chi connectivity index (χ3n) is 3.29. The van der Waals surface area contributed by atoms with E-state index in [4.69, 9.17) is 10.5 Å². The molecule has 2 heterocycles. The van der Waals surface area contributed by atoms with Crippen LogP contribution in [0, 0.1) is 0 Å². The molecule has 0 amide bonds. The van der Waals surface area contributed by atoms with Crippen molar-refractivity contribution in [2.75, 3.05) is 5.73 Å². The van der Waals surface area contributed by atoms with Crippen molar-refractivity contribution >= 4 is 27.6 Å². The van der Waals surface area contributed by atoms with Gasteiger partial charge in [0.25, 0.3) is 6.01 Å². The molecule has 0 radical (unpaired) electrons. The predicted molar refractivity (Wildman–Crippen MR) is 82.3 cm³/mol. The van der Waals surface area contributed by atoms with Gasteiger partial charge in [-0.25, -0.2) is 0 Å². The molecule has 0 aliphatic heterocycles. The lowest BCUT2D eigenvalue weighted by Gasteiger charge is -2.04. The number of nitrogen functional groups attached to an aromatic ring is 1. The number of H-pyrrole nitrogens is 1.